The van der Waals surface area contributed by atoms with E-state index < -0.39 is 11.4 Å². The first-order valence-corrected chi connectivity index (χ1v) is 6.48. The van der Waals surface area contributed by atoms with Crippen molar-refractivity contribution < 1.29 is 9.50 Å². The van der Waals surface area contributed by atoms with Gasteiger partial charge in [0.2, 0.25) is 0 Å². The summed E-state index contributed by atoms with van der Waals surface area (Å²) >= 11 is 5.75. The standard InChI is InChI=1S/C13H18ClFN2O/c1-13(18,9-17-6-4-16-5-7-17)10-2-3-12(15)11(14)8-10/h2-3,8,16,18H,4-7,9H2,1H3. The molecule has 0 saturated carbocycles. The number of piperazine rings is 1. The lowest BCUT2D eigenvalue weighted by molar-refractivity contribution is 0.0125. The molecule has 1 fully saturated rings. The van der Waals surface area contributed by atoms with Gasteiger partial charge in [-0.3, -0.25) is 4.90 Å². The molecule has 1 heterocycles. The third kappa shape index (κ3) is 3.20. The fourth-order valence-corrected chi connectivity index (χ4v) is 2.41. The number of rotatable bonds is 3. The second-order valence-corrected chi connectivity index (χ2v) is 5.34. The molecule has 0 aromatic heterocycles. The van der Waals surface area contributed by atoms with Gasteiger partial charge in [0.25, 0.3) is 0 Å². The van der Waals surface area contributed by atoms with E-state index in [-0.39, 0.29) is 5.02 Å². The van der Waals surface area contributed by atoms with Gasteiger partial charge >= 0.3 is 0 Å². The Morgan fingerprint density at radius 2 is 2.11 bits per heavy atom. The molecular weight excluding hydrogens is 255 g/mol. The minimum atomic E-state index is -1.02. The Labute approximate surface area is 112 Å². The second-order valence-electron chi connectivity index (χ2n) is 4.93. The summed E-state index contributed by atoms with van der Waals surface area (Å²) in [6, 6.07) is 4.38. The van der Waals surface area contributed by atoms with Crippen molar-refractivity contribution in [2.75, 3.05) is 32.7 Å². The van der Waals surface area contributed by atoms with Gasteiger partial charge in [-0.25, -0.2) is 4.39 Å². The molecular formula is C13H18ClFN2O. The smallest absolute Gasteiger partial charge is 0.141 e. The van der Waals surface area contributed by atoms with Crippen LogP contribution < -0.4 is 5.32 Å². The Morgan fingerprint density at radius 3 is 2.72 bits per heavy atom. The van der Waals surface area contributed by atoms with E-state index in [2.05, 4.69) is 10.2 Å². The first-order valence-electron chi connectivity index (χ1n) is 6.10. The Kier molecular flexibility index (Phi) is 4.22. The van der Waals surface area contributed by atoms with Gasteiger partial charge in [0.1, 0.15) is 5.82 Å². The van der Waals surface area contributed by atoms with Crippen molar-refractivity contribution in [3.05, 3.63) is 34.6 Å². The minimum absolute atomic E-state index is 0.0492. The number of nitrogens with one attached hydrogen (secondary N) is 1. The molecule has 1 unspecified atom stereocenters. The van der Waals surface area contributed by atoms with Gasteiger partial charge in [-0.05, 0) is 24.6 Å². The van der Waals surface area contributed by atoms with Gasteiger partial charge < -0.3 is 10.4 Å². The molecule has 0 amide bonds. The zero-order chi connectivity index (χ0) is 13.2. The SMILES string of the molecule is CC(O)(CN1CCNCC1)c1ccc(F)c(Cl)c1. The van der Waals surface area contributed by atoms with Crippen LogP contribution in [0.15, 0.2) is 18.2 Å². The summed E-state index contributed by atoms with van der Waals surface area (Å²) in [5.41, 5.74) is -0.373. The molecule has 1 aromatic rings. The minimum Gasteiger partial charge on any atom is -0.384 e. The zero-order valence-corrected chi connectivity index (χ0v) is 11.2. The number of nitrogens with zero attached hydrogens (tertiary/aromatic N) is 1. The van der Waals surface area contributed by atoms with Crippen molar-refractivity contribution in [3.8, 4) is 0 Å². The highest BCUT2D eigenvalue weighted by molar-refractivity contribution is 6.30. The van der Waals surface area contributed by atoms with E-state index in [0.717, 1.165) is 26.2 Å². The zero-order valence-electron chi connectivity index (χ0n) is 10.4. The number of halogens is 2. The number of hydrogen-bond acceptors (Lipinski definition) is 3. The highest BCUT2D eigenvalue weighted by Crippen LogP contribution is 2.26. The van der Waals surface area contributed by atoms with Gasteiger partial charge in [-0.1, -0.05) is 17.7 Å². The van der Waals surface area contributed by atoms with E-state index in [1.807, 2.05) is 0 Å². The van der Waals surface area contributed by atoms with Crippen LogP contribution in [0.2, 0.25) is 5.02 Å². The van der Waals surface area contributed by atoms with Crippen molar-refractivity contribution in [2.45, 2.75) is 12.5 Å². The molecule has 5 heteroatoms. The lowest BCUT2D eigenvalue weighted by Crippen LogP contribution is -2.48. The summed E-state index contributed by atoms with van der Waals surface area (Å²) in [4.78, 5) is 2.19. The predicted molar refractivity (Wildman–Crippen MR) is 70.3 cm³/mol. The van der Waals surface area contributed by atoms with Crippen LogP contribution in [0.5, 0.6) is 0 Å². The molecule has 100 valence electrons. The molecule has 1 saturated heterocycles. The van der Waals surface area contributed by atoms with Gasteiger partial charge in [-0.2, -0.15) is 0 Å². The average molecular weight is 273 g/mol. The Balaban J connectivity index is 2.10. The van der Waals surface area contributed by atoms with Gasteiger partial charge in [0.05, 0.1) is 10.6 Å². The molecule has 0 bridgehead atoms. The Morgan fingerprint density at radius 1 is 1.44 bits per heavy atom. The fourth-order valence-electron chi connectivity index (χ4n) is 2.23. The van der Waals surface area contributed by atoms with Crippen LogP contribution in [0.4, 0.5) is 4.39 Å². The van der Waals surface area contributed by atoms with E-state index >= 15 is 0 Å². The average Bonchev–Trinajstić information content (AvgIpc) is 2.33. The number of benzene rings is 1. The molecule has 2 rings (SSSR count). The maximum Gasteiger partial charge on any atom is 0.141 e. The molecule has 1 aromatic carbocycles. The third-order valence-electron chi connectivity index (χ3n) is 3.28. The Hall–Kier alpha value is -0.680. The molecule has 0 radical (unpaired) electrons. The molecule has 1 aliphatic rings. The topological polar surface area (TPSA) is 35.5 Å². The third-order valence-corrected chi connectivity index (χ3v) is 3.57. The molecule has 0 spiro atoms. The largest absolute Gasteiger partial charge is 0.384 e. The van der Waals surface area contributed by atoms with E-state index in [1.165, 1.54) is 12.1 Å². The van der Waals surface area contributed by atoms with E-state index in [4.69, 9.17) is 11.6 Å². The van der Waals surface area contributed by atoms with Crippen LogP contribution in [0.25, 0.3) is 0 Å². The normalized spacial score (nSPS) is 20.7. The summed E-state index contributed by atoms with van der Waals surface area (Å²) in [5, 5.41) is 13.8. The van der Waals surface area contributed by atoms with Crippen LogP contribution in [-0.2, 0) is 5.60 Å². The molecule has 2 N–H and O–H groups in total. The number of β-amino-alcohol motifs (C(OH)–C–C–N with tert-alkyl or cyclic N) is 1. The van der Waals surface area contributed by atoms with Gasteiger partial charge in [0, 0.05) is 32.7 Å². The van der Waals surface area contributed by atoms with Gasteiger partial charge in [0.15, 0.2) is 0 Å². The monoisotopic (exact) mass is 272 g/mol. The van der Waals surface area contributed by atoms with Crippen molar-refractivity contribution in [1.82, 2.24) is 10.2 Å². The maximum absolute atomic E-state index is 13.1. The second kappa shape index (κ2) is 5.53. The van der Waals surface area contributed by atoms with E-state index in [0.29, 0.717) is 12.1 Å². The fraction of sp³-hybridized carbons (Fsp3) is 0.538. The van der Waals surface area contributed by atoms with E-state index in [1.54, 1.807) is 13.0 Å². The van der Waals surface area contributed by atoms with Crippen molar-refractivity contribution in [1.29, 1.82) is 0 Å². The molecule has 3 nitrogen and oxygen atoms in total. The van der Waals surface area contributed by atoms with E-state index in [9.17, 15) is 9.50 Å². The lowest BCUT2D eigenvalue weighted by Gasteiger charge is -2.34. The van der Waals surface area contributed by atoms with Gasteiger partial charge in [-0.15, -0.1) is 0 Å². The quantitative estimate of drug-likeness (QED) is 0.877. The summed E-state index contributed by atoms with van der Waals surface area (Å²) in [6.45, 7) is 5.94. The predicted octanol–water partition coefficient (Wildman–Crippen LogP) is 1.59. The molecule has 1 aliphatic heterocycles. The van der Waals surface area contributed by atoms with Crippen LogP contribution in [0.3, 0.4) is 0 Å². The summed E-state index contributed by atoms with van der Waals surface area (Å²) in [7, 11) is 0. The first-order chi connectivity index (χ1) is 8.49. The van der Waals surface area contributed by atoms with Crippen LogP contribution in [0, 0.1) is 5.82 Å². The maximum atomic E-state index is 13.1. The summed E-state index contributed by atoms with van der Waals surface area (Å²) in [5.74, 6) is -0.460. The summed E-state index contributed by atoms with van der Waals surface area (Å²) < 4.78 is 13.1. The number of aliphatic hydroxyl groups is 1. The first kappa shape index (κ1) is 13.7. The Bertz CT molecular complexity index is 419. The highest BCUT2D eigenvalue weighted by Gasteiger charge is 2.27. The molecule has 1 atom stereocenters. The molecule has 0 aliphatic carbocycles. The molecule has 18 heavy (non-hydrogen) atoms. The van der Waals surface area contributed by atoms with Crippen LogP contribution in [0.1, 0.15) is 12.5 Å². The highest BCUT2D eigenvalue weighted by atomic mass is 35.5. The van der Waals surface area contributed by atoms with Crippen LogP contribution in [-0.4, -0.2) is 42.7 Å². The van der Waals surface area contributed by atoms with Crippen molar-refractivity contribution in [3.63, 3.8) is 0 Å². The number of hydrogen-bond donors (Lipinski definition) is 2. The van der Waals surface area contributed by atoms with Crippen LogP contribution >= 0.6 is 11.6 Å². The lowest BCUT2D eigenvalue weighted by atomic mass is 9.95. The summed E-state index contributed by atoms with van der Waals surface area (Å²) in [6.07, 6.45) is 0. The van der Waals surface area contributed by atoms with Crippen molar-refractivity contribution >= 4 is 11.6 Å². The van der Waals surface area contributed by atoms with Crippen molar-refractivity contribution in [2.24, 2.45) is 0 Å².